The van der Waals surface area contributed by atoms with Crippen molar-refractivity contribution in [2.24, 2.45) is 17.8 Å². The molecule has 0 aliphatic heterocycles. The highest BCUT2D eigenvalue weighted by Crippen LogP contribution is 2.09. The number of carbonyl (C=O) groups is 4. The van der Waals surface area contributed by atoms with Gasteiger partial charge in [-0.15, -0.1) is 0 Å². The first kappa shape index (κ1) is 26.6. The van der Waals surface area contributed by atoms with Crippen LogP contribution in [-0.4, -0.2) is 53.2 Å². The van der Waals surface area contributed by atoms with Gasteiger partial charge >= 0.3 is 0 Å². The standard InChI is InChI=1S/C19H35IN4O4/c1-11(2)13(5)17(26)23-14(6)18(27)24-16(12(3)4)19(28)22-9-7-8-21-15(25)10-20/h11-14,16H,7-10H2,1-6H3,(H,21,25)(H,22,28)(H,23,26)(H,24,27)/t13?,14-,16-/m1/s1. The number of hydrogen-bond acceptors (Lipinski definition) is 4. The predicted molar refractivity (Wildman–Crippen MR) is 118 cm³/mol. The zero-order chi connectivity index (χ0) is 21.9. The number of nitrogens with one attached hydrogen (secondary N) is 4. The van der Waals surface area contributed by atoms with Gasteiger partial charge in [0, 0.05) is 19.0 Å². The molecule has 0 aliphatic rings. The largest absolute Gasteiger partial charge is 0.355 e. The van der Waals surface area contributed by atoms with Gasteiger partial charge in [-0.25, -0.2) is 0 Å². The second kappa shape index (κ2) is 13.7. The molecule has 0 aromatic carbocycles. The summed E-state index contributed by atoms with van der Waals surface area (Å²) in [7, 11) is 0. The number of amides is 4. The summed E-state index contributed by atoms with van der Waals surface area (Å²) in [5.74, 6) is -1.04. The Morgan fingerprint density at radius 2 is 1.32 bits per heavy atom. The Morgan fingerprint density at radius 3 is 1.82 bits per heavy atom. The van der Waals surface area contributed by atoms with Crippen molar-refractivity contribution < 1.29 is 19.2 Å². The Labute approximate surface area is 181 Å². The van der Waals surface area contributed by atoms with Gasteiger partial charge in [0.1, 0.15) is 12.1 Å². The van der Waals surface area contributed by atoms with Gasteiger partial charge in [-0.3, -0.25) is 19.2 Å². The molecule has 0 aromatic heterocycles. The molecule has 0 fully saturated rings. The van der Waals surface area contributed by atoms with Crippen LogP contribution in [0.1, 0.15) is 48.0 Å². The number of halogens is 1. The molecule has 0 aromatic rings. The zero-order valence-electron chi connectivity index (χ0n) is 17.7. The van der Waals surface area contributed by atoms with Crippen LogP contribution < -0.4 is 21.3 Å². The second-order valence-corrected chi connectivity index (χ2v) is 8.38. The average Bonchev–Trinajstić information content (AvgIpc) is 2.63. The van der Waals surface area contributed by atoms with E-state index >= 15 is 0 Å². The molecule has 0 bridgehead atoms. The van der Waals surface area contributed by atoms with Crippen LogP contribution in [0.2, 0.25) is 0 Å². The van der Waals surface area contributed by atoms with Crippen LogP contribution in [0.4, 0.5) is 0 Å². The van der Waals surface area contributed by atoms with Crippen molar-refractivity contribution in [1.29, 1.82) is 0 Å². The Kier molecular flexibility index (Phi) is 13.0. The van der Waals surface area contributed by atoms with Gasteiger partial charge in [0.25, 0.3) is 0 Å². The molecule has 28 heavy (non-hydrogen) atoms. The third kappa shape index (κ3) is 10.2. The van der Waals surface area contributed by atoms with Gasteiger partial charge in [-0.05, 0) is 25.2 Å². The lowest BCUT2D eigenvalue weighted by molar-refractivity contribution is -0.133. The maximum absolute atomic E-state index is 12.4. The van der Waals surface area contributed by atoms with Crippen molar-refractivity contribution in [3.05, 3.63) is 0 Å². The molecule has 0 aliphatic carbocycles. The van der Waals surface area contributed by atoms with Crippen LogP contribution >= 0.6 is 22.6 Å². The summed E-state index contributed by atoms with van der Waals surface area (Å²) in [6.45, 7) is 11.9. The van der Waals surface area contributed by atoms with E-state index in [1.807, 2.05) is 57.2 Å². The van der Waals surface area contributed by atoms with E-state index in [1.54, 1.807) is 6.92 Å². The normalized spacial score (nSPS) is 14.2. The Hall–Kier alpha value is -1.39. The summed E-state index contributed by atoms with van der Waals surface area (Å²) < 4.78 is 0.399. The van der Waals surface area contributed by atoms with E-state index in [2.05, 4.69) is 21.3 Å². The van der Waals surface area contributed by atoms with Crippen molar-refractivity contribution in [2.75, 3.05) is 17.5 Å². The maximum atomic E-state index is 12.4. The molecule has 0 saturated carbocycles. The fourth-order valence-electron chi connectivity index (χ4n) is 2.21. The summed E-state index contributed by atoms with van der Waals surface area (Å²) >= 11 is 1.98. The molecule has 0 heterocycles. The highest BCUT2D eigenvalue weighted by Gasteiger charge is 2.27. The highest BCUT2D eigenvalue weighted by molar-refractivity contribution is 14.1. The van der Waals surface area contributed by atoms with Crippen LogP contribution in [0.5, 0.6) is 0 Å². The van der Waals surface area contributed by atoms with E-state index in [4.69, 9.17) is 0 Å². The first-order chi connectivity index (χ1) is 13.0. The molecular weight excluding hydrogens is 475 g/mol. The number of rotatable bonds is 12. The van der Waals surface area contributed by atoms with Crippen molar-refractivity contribution in [2.45, 2.75) is 60.0 Å². The van der Waals surface area contributed by atoms with Crippen molar-refractivity contribution in [3.8, 4) is 0 Å². The molecule has 0 spiro atoms. The van der Waals surface area contributed by atoms with E-state index in [0.717, 1.165) is 0 Å². The minimum Gasteiger partial charge on any atom is -0.355 e. The molecule has 0 saturated heterocycles. The Balaban J connectivity index is 4.54. The third-order valence-corrected chi connectivity index (χ3v) is 5.20. The SMILES string of the molecule is CC(C)C(C)C(=O)N[C@H](C)C(=O)N[C@@H](C(=O)NCCCNC(=O)CI)C(C)C. The lowest BCUT2D eigenvalue weighted by atomic mass is 9.97. The highest BCUT2D eigenvalue weighted by atomic mass is 127. The summed E-state index contributed by atoms with van der Waals surface area (Å²) in [6, 6.07) is -1.43. The van der Waals surface area contributed by atoms with Gasteiger partial charge in [-0.2, -0.15) is 0 Å². The summed E-state index contributed by atoms with van der Waals surface area (Å²) in [4.78, 5) is 48.1. The minimum atomic E-state index is -0.730. The van der Waals surface area contributed by atoms with Gasteiger partial charge in [-0.1, -0.05) is 57.2 Å². The molecule has 4 N–H and O–H groups in total. The molecule has 3 atom stereocenters. The molecule has 1 unspecified atom stereocenters. The third-order valence-electron chi connectivity index (χ3n) is 4.51. The molecule has 4 amide bonds. The van der Waals surface area contributed by atoms with Crippen molar-refractivity contribution >= 4 is 46.2 Å². The maximum Gasteiger partial charge on any atom is 0.242 e. The smallest absolute Gasteiger partial charge is 0.242 e. The van der Waals surface area contributed by atoms with E-state index < -0.39 is 18.0 Å². The summed E-state index contributed by atoms with van der Waals surface area (Å²) in [5.41, 5.74) is 0. The molecule has 0 rings (SSSR count). The van der Waals surface area contributed by atoms with E-state index in [1.165, 1.54) is 0 Å². The van der Waals surface area contributed by atoms with E-state index in [-0.39, 0.29) is 35.5 Å². The van der Waals surface area contributed by atoms with Crippen LogP contribution in [0, 0.1) is 17.8 Å². The van der Waals surface area contributed by atoms with Crippen LogP contribution in [0.25, 0.3) is 0 Å². The van der Waals surface area contributed by atoms with Crippen molar-refractivity contribution in [3.63, 3.8) is 0 Å². The molecule has 0 radical (unpaired) electrons. The fourth-order valence-corrected chi connectivity index (χ4v) is 2.48. The van der Waals surface area contributed by atoms with Gasteiger partial charge in [0.05, 0.1) is 4.43 Å². The lowest BCUT2D eigenvalue weighted by Gasteiger charge is -2.25. The molecule has 8 nitrogen and oxygen atoms in total. The van der Waals surface area contributed by atoms with E-state index in [9.17, 15) is 19.2 Å². The summed E-state index contributed by atoms with van der Waals surface area (Å²) in [5, 5.41) is 10.9. The zero-order valence-corrected chi connectivity index (χ0v) is 19.9. The Morgan fingerprint density at radius 1 is 0.750 bits per heavy atom. The monoisotopic (exact) mass is 510 g/mol. The minimum absolute atomic E-state index is 0.0398. The number of alkyl halides is 1. The fraction of sp³-hybridized carbons (Fsp3) is 0.789. The van der Waals surface area contributed by atoms with Gasteiger partial charge < -0.3 is 21.3 Å². The Bertz CT molecular complexity index is 540. The topological polar surface area (TPSA) is 116 Å². The van der Waals surface area contributed by atoms with Crippen LogP contribution in [0.15, 0.2) is 0 Å². The summed E-state index contributed by atoms with van der Waals surface area (Å²) in [6.07, 6.45) is 0.604. The molecule has 162 valence electrons. The van der Waals surface area contributed by atoms with E-state index in [0.29, 0.717) is 23.9 Å². The first-order valence-electron chi connectivity index (χ1n) is 9.72. The molecular formula is C19H35IN4O4. The van der Waals surface area contributed by atoms with Gasteiger partial charge in [0.2, 0.25) is 23.6 Å². The lowest BCUT2D eigenvalue weighted by Crippen LogP contribution is -2.55. The number of hydrogen-bond donors (Lipinski definition) is 4. The average molecular weight is 510 g/mol. The quantitative estimate of drug-likeness (QED) is 0.178. The predicted octanol–water partition coefficient (Wildman–Crippen LogP) is 0.982. The molecule has 9 heteroatoms. The van der Waals surface area contributed by atoms with Crippen LogP contribution in [-0.2, 0) is 19.2 Å². The van der Waals surface area contributed by atoms with Gasteiger partial charge in [0.15, 0.2) is 0 Å². The van der Waals surface area contributed by atoms with Crippen molar-refractivity contribution in [1.82, 2.24) is 21.3 Å². The first-order valence-corrected chi connectivity index (χ1v) is 11.2. The van der Waals surface area contributed by atoms with Crippen LogP contribution in [0.3, 0.4) is 0 Å². The second-order valence-electron chi connectivity index (χ2n) is 7.62. The number of carbonyl (C=O) groups excluding carboxylic acids is 4.